The first-order valence-electron chi connectivity index (χ1n) is 7.23. The molecule has 21 heavy (non-hydrogen) atoms. The van der Waals surface area contributed by atoms with Crippen LogP contribution in [0.15, 0.2) is 18.2 Å². The van der Waals surface area contributed by atoms with Crippen LogP contribution in [0.4, 0.5) is 5.69 Å². The standard InChI is InChI=1S/C15H20N4O2/c1-18-13-3-2-11(8-12(13)17-14(18)9-16)19-6-4-10(5-7-19)15(20)21/h2-3,8,10H,4-7,9,16H2,1H3,(H,20,21). The number of piperidine rings is 1. The van der Waals surface area contributed by atoms with Crippen molar-refractivity contribution in [3.63, 3.8) is 0 Å². The summed E-state index contributed by atoms with van der Waals surface area (Å²) in [6.07, 6.45) is 1.40. The molecule has 0 radical (unpaired) electrons. The van der Waals surface area contributed by atoms with Crippen LogP contribution >= 0.6 is 0 Å². The van der Waals surface area contributed by atoms with Crippen LogP contribution in [-0.2, 0) is 18.4 Å². The molecule has 1 aliphatic rings. The number of carbonyl (C=O) groups is 1. The molecule has 6 heteroatoms. The molecule has 2 aromatic rings. The van der Waals surface area contributed by atoms with Gasteiger partial charge in [-0.2, -0.15) is 0 Å². The van der Waals surface area contributed by atoms with E-state index < -0.39 is 5.97 Å². The number of imidazole rings is 1. The van der Waals surface area contributed by atoms with E-state index >= 15 is 0 Å². The zero-order valence-corrected chi connectivity index (χ0v) is 12.1. The molecule has 1 aromatic carbocycles. The number of carboxylic acids is 1. The van der Waals surface area contributed by atoms with E-state index in [1.165, 1.54) is 0 Å². The molecule has 0 spiro atoms. The van der Waals surface area contributed by atoms with Gasteiger partial charge in [-0.3, -0.25) is 4.79 Å². The van der Waals surface area contributed by atoms with Gasteiger partial charge in [0.1, 0.15) is 5.82 Å². The minimum Gasteiger partial charge on any atom is -0.481 e. The predicted molar refractivity (Wildman–Crippen MR) is 81.2 cm³/mol. The summed E-state index contributed by atoms with van der Waals surface area (Å²) in [5.41, 5.74) is 8.80. The van der Waals surface area contributed by atoms with E-state index in [1.54, 1.807) is 0 Å². The Morgan fingerprint density at radius 2 is 2.14 bits per heavy atom. The number of nitrogens with two attached hydrogens (primary N) is 1. The SMILES string of the molecule is Cn1c(CN)nc2cc(N3CCC(C(=O)O)CC3)ccc21. The van der Waals surface area contributed by atoms with Gasteiger partial charge in [-0.1, -0.05) is 0 Å². The van der Waals surface area contributed by atoms with Crippen molar-refractivity contribution >= 4 is 22.7 Å². The molecular formula is C15H20N4O2. The number of hydrogen-bond donors (Lipinski definition) is 2. The average Bonchev–Trinajstić information content (AvgIpc) is 2.83. The number of nitrogens with zero attached hydrogens (tertiary/aromatic N) is 3. The van der Waals surface area contributed by atoms with E-state index in [-0.39, 0.29) is 5.92 Å². The van der Waals surface area contributed by atoms with Gasteiger partial charge in [-0.05, 0) is 31.0 Å². The molecule has 1 aromatic heterocycles. The Hall–Kier alpha value is -2.08. The highest BCUT2D eigenvalue weighted by Gasteiger charge is 2.24. The molecule has 2 heterocycles. The van der Waals surface area contributed by atoms with Crippen molar-refractivity contribution in [3.8, 4) is 0 Å². The molecule has 0 aliphatic carbocycles. The second-order valence-corrected chi connectivity index (χ2v) is 5.56. The first kappa shape index (κ1) is 13.9. The lowest BCUT2D eigenvalue weighted by Gasteiger charge is -2.31. The van der Waals surface area contributed by atoms with Gasteiger partial charge in [0.25, 0.3) is 0 Å². The van der Waals surface area contributed by atoms with Crippen LogP contribution in [0.5, 0.6) is 0 Å². The summed E-state index contributed by atoms with van der Waals surface area (Å²) in [6.45, 7) is 1.97. The molecule has 0 unspecified atom stereocenters. The Kier molecular flexibility index (Phi) is 3.55. The lowest BCUT2D eigenvalue weighted by molar-refractivity contribution is -0.142. The van der Waals surface area contributed by atoms with Crippen molar-refractivity contribution in [2.45, 2.75) is 19.4 Å². The predicted octanol–water partition coefficient (Wildman–Crippen LogP) is 1.33. The van der Waals surface area contributed by atoms with Crippen LogP contribution in [0, 0.1) is 5.92 Å². The first-order valence-corrected chi connectivity index (χ1v) is 7.23. The molecule has 1 saturated heterocycles. The fraction of sp³-hybridized carbons (Fsp3) is 0.467. The summed E-state index contributed by atoms with van der Waals surface area (Å²) in [4.78, 5) is 17.8. The number of hydrogen-bond acceptors (Lipinski definition) is 4. The average molecular weight is 288 g/mol. The summed E-state index contributed by atoms with van der Waals surface area (Å²) in [5.74, 6) is -0.0159. The minimum absolute atomic E-state index is 0.205. The maximum absolute atomic E-state index is 11.0. The number of benzene rings is 1. The van der Waals surface area contributed by atoms with Gasteiger partial charge >= 0.3 is 5.97 Å². The van der Waals surface area contributed by atoms with Gasteiger partial charge in [0.15, 0.2) is 0 Å². The topological polar surface area (TPSA) is 84.4 Å². The van der Waals surface area contributed by atoms with Crippen molar-refractivity contribution in [2.24, 2.45) is 18.7 Å². The minimum atomic E-state index is -0.678. The van der Waals surface area contributed by atoms with Gasteiger partial charge in [0.2, 0.25) is 0 Å². The maximum Gasteiger partial charge on any atom is 0.306 e. The van der Waals surface area contributed by atoms with Gasteiger partial charge in [0.05, 0.1) is 23.5 Å². The highest BCUT2D eigenvalue weighted by atomic mass is 16.4. The van der Waals surface area contributed by atoms with Gasteiger partial charge < -0.3 is 20.3 Å². The fourth-order valence-electron chi connectivity index (χ4n) is 3.00. The molecule has 0 atom stereocenters. The van der Waals surface area contributed by atoms with E-state index in [0.29, 0.717) is 19.4 Å². The molecule has 3 rings (SSSR count). The van der Waals surface area contributed by atoms with Crippen molar-refractivity contribution in [1.29, 1.82) is 0 Å². The zero-order valence-electron chi connectivity index (χ0n) is 12.1. The molecule has 1 aliphatic heterocycles. The van der Waals surface area contributed by atoms with E-state index in [9.17, 15) is 4.79 Å². The quantitative estimate of drug-likeness (QED) is 0.890. The van der Waals surface area contributed by atoms with Crippen molar-refractivity contribution in [3.05, 3.63) is 24.0 Å². The van der Waals surface area contributed by atoms with Gasteiger partial charge in [-0.15, -0.1) is 0 Å². The van der Waals surface area contributed by atoms with E-state index in [2.05, 4.69) is 28.1 Å². The molecular weight excluding hydrogens is 268 g/mol. The summed E-state index contributed by atoms with van der Waals surface area (Å²) in [6, 6.07) is 6.20. The summed E-state index contributed by atoms with van der Waals surface area (Å²) in [7, 11) is 1.97. The third kappa shape index (κ3) is 2.47. The van der Waals surface area contributed by atoms with E-state index in [4.69, 9.17) is 10.8 Å². The molecule has 0 amide bonds. The Morgan fingerprint density at radius 1 is 1.43 bits per heavy atom. The van der Waals surface area contributed by atoms with Crippen molar-refractivity contribution in [2.75, 3.05) is 18.0 Å². The van der Waals surface area contributed by atoms with Crippen LogP contribution in [0.2, 0.25) is 0 Å². The molecule has 3 N–H and O–H groups in total. The lowest BCUT2D eigenvalue weighted by Crippen LogP contribution is -2.36. The normalized spacial score (nSPS) is 16.6. The Balaban J connectivity index is 1.83. The monoisotopic (exact) mass is 288 g/mol. The van der Waals surface area contributed by atoms with Crippen LogP contribution in [0.1, 0.15) is 18.7 Å². The van der Waals surface area contributed by atoms with E-state index in [1.807, 2.05) is 11.6 Å². The highest BCUT2D eigenvalue weighted by Crippen LogP contribution is 2.26. The largest absolute Gasteiger partial charge is 0.481 e. The molecule has 1 fully saturated rings. The second kappa shape index (κ2) is 5.37. The van der Waals surface area contributed by atoms with Gasteiger partial charge in [0, 0.05) is 25.8 Å². The third-order valence-corrected chi connectivity index (χ3v) is 4.35. The van der Waals surface area contributed by atoms with Crippen molar-refractivity contribution in [1.82, 2.24) is 9.55 Å². The third-order valence-electron chi connectivity index (χ3n) is 4.35. The van der Waals surface area contributed by atoms with Crippen LogP contribution in [0.25, 0.3) is 11.0 Å². The number of fused-ring (bicyclic) bond motifs is 1. The summed E-state index contributed by atoms with van der Waals surface area (Å²) >= 11 is 0. The molecule has 112 valence electrons. The second-order valence-electron chi connectivity index (χ2n) is 5.56. The zero-order chi connectivity index (χ0) is 15.0. The smallest absolute Gasteiger partial charge is 0.306 e. The number of aliphatic carboxylic acids is 1. The lowest BCUT2D eigenvalue weighted by atomic mass is 9.97. The Labute approximate surface area is 123 Å². The summed E-state index contributed by atoms with van der Waals surface area (Å²) in [5, 5.41) is 9.05. The van der Waals surface area contributed by atoms with Crippen LogP contribution in [-0.4, -0.2) is 33.7 Å². The van der Waals surface area contributed by atoms with E-state index in [0.717, 1.165) is 35.6 Å². The Morgan fingerprint density at radius 3 is 2.76 bits per heavy atom. The number of aromatic nitrogens is 2. The van der Waals surface area contributed by atoms with Gasteiger partial charge in [-0.25, -0.2) is 4.98 Å². The molecule has 6 nitrogen and oxygen atoms in total. The first-order chi connectivity index (χ1) is 10.1. The number of rotatable bonds is 3. The number of carboxylic acid groups (broad SMARTS) is 1. The fourth-order valence-corrected chi connectivity index (χ4v) is 3.00. The summed E-state index contributed by atoms with van der Waals surface area (Å²) < 4.78 is 2.01. The molecule has 0 bridgehead atoms. The molecule has 0 saturated carbocycles. The highest BCUT2D eigenvalue weighted by molar-refractivity contribution is 5.80. The number of aryl methyl sites for hydroxylation is 1. The van der Waals surface area contributed by atoms with Crippen LogP contribution in [0.3, 0.4) is 0 Å². The Bertz CT molecular complexity index is 672. The van der Waals surface area contributed by atoms with Crippen molar-refractivity contribution < 1.29 is 9.90 Å². The number of anilines is 1. The van der Waals surface area contributed by atoms with Crippen LogP contribution < -0.4 is 10.6 Å². The maximum atomic E-state index is 11.0.